The predicted molar refractivity (Wildman–Crippen MR) is 118 cm³/mol. The Morgan fingerprint density at radius 3 is 2.47 bits per heavy atom. The first-order valence-corrected chi connectivity index (χ1v) is 10.5. The van der Waals surface area contributed by atoms with E-state index in [0.29, 0.717) is 24.8 Å². The molecule has 4 nitrogen and oxygen atoms in total. The zero-order valence-electron chi connectivity index (χ0n) is 17.4. The highest BCUT2D eigenvalue weighted by molar-refractivity contribution is 5.85. The van der Waals surface area contributed by atoms with Gasteiger partial charge in [0.1, 0.15) is 11.6 Å². The Hall–Kier alpha value is -2.11. The molecule has 1 aliphatic heterocycles. The van der Waals surface area contributed by atoms with Gasteiger partial charge in [0.05, 0.1) is 13.5 Å². The molecule has 0 spiro atoms. The van der Waals surface area contributed by atoms with Crippen LogP contribution in [0.1, 0.15) is 30.4 Å². The van der Waals surface area contributed by atoms with Crippen molar-refractivity contribution in [1.82, 2.24) is 10.2 Å². The minimum atomic E-state index is -0.248. The van der Waals surface area contributed by atoms with Crippen LogP contribution in [0, 0.1) is 17.7 Å². The fraction of sp³-hybridized carbons (Fsp3) is 0.458. The van der Waals surface area contributed by atoms with Crippen molar-refractivity contribution in [3.8, 4) is 5.75 Å². The van der Waals surface area contributed by atoms with Gasteiger partial charge in [0.25, 0.3) is 0 Å². The number of hydrogen-bond donors (Lipinski definition) is 1. The number of halogens is 2. The second-order valence-electron chi connectivity index (χ2n) is 8.25. The lowest BCUT2D eigenvalue weighted by atomic mass is 9.77. The van der Waals surface area contributed by atoms with Gasteiger partial charge in [0, 0.05) is 19.1 Å². The normalized spacial score (nSPS) is 22.7. The second-order valence-corrected chi connectivity index (χ2v) is 8.25. The van der Waals surface area contributed by atoms with Gasteiger partial charge in [-0.15, -0.1) is 12.4 Å². The molecule has 1 saturated carbocycles. The van der Waals surface area contributed by atoms with Gasteiger partial charge in [-0.2, -0.15) is 0 Å². The summed E-state index contributed by atoms with van der Waals surface area (Å²) in [5, 5.41) is 3.52. The smallest absolute Gasteiger partial charge is 0.227 e. The van der Waals surface area contributed by atoms with E-state index in [2.05, 4.69) is 10.2 Å². The van der Waals surface area contributed by atoms with E-state index in [1.807, 2.05) is 24.3 Å². The summed E-state index contributed by atoms with van der Waals surface area (Å²) in [6, 6.07) is 14.5. The number of carbonyl (C=O) groups is 1. The Balaban J connectivity index is 0.00000256. The summed E-state index contributed by atoms with van der Waals surface area (Å²) in [6.07, 6.45) is 3.80. The number of hydrogen-bond acceptors (Lipinski definition) is 3. The van der Waals surface area contributed by atoms with Crippen molar-refractivity contribution in [1.29, 1.82) is 0 Å². The van der Waals surface area contributed by atoms with Crippen LogP contribution in [0.15, 0.2) is 48.5 Å². The minimum absolute atomic E-state index is 0. The Labute approximate surface area is 184 Å². The molecule has 1 aliphatic carbocycles. The fourth-order valence-corrected chi connectivity index (χ4v) is 4.91. The molecular weight excluding hydrogens is 403 g/mol. The number of fused-ring (bicyclic) bond motifs is 1. The molecule has 0 aromatic heterocycles. The molecule has 30 heavy (non-hydrogen) atoms. The summed E-state index contributed by atoms with van der Waals surface area (Å²) in [6.45, 7) is 2.56. The minimum Gasteiger partial charge on any atom is -0.497 e. The molecule has 1 saturated heterocycles. The van der Waals surface area contributed by atoms with Crippen LogP contribution in [0.2, 0.25) is 0 Å². The molecule has 0 radical (unpaired) electrons. The van der Waals surface area contributed by atoms with Crippen molar-refractivity contribution in [2.75, 3.05) is 20.2 Å². The Morgan fingerprint density at radius 1 is 1.07 bits per heavy atom. The first kappa shape index (κ1) is 22.6. The number of nitrogens with zero attached hydrogens (tertiary/aromatic N) is 1. The first-order valence-electron chi connectivity index (χ1n) is 10.5. The van der Waals surface area contributed by atoms with Crippen molar-refractivity contribution in [3.63, 3.8) is 0 Å². The predicted octanol–water partition coefficient (Wildman–Crippen LogP) is 4.22. The van der Waals surface area contributed by atoms with Crippen molar-refractivity contribution in [2.24, 2.45) is 11.8 Å². The van der Waals surface area contributed by atoms with E-state index in [9.17, 15) is 9.18 Å². The lowest BCUT2D eigenvalue weighted by Gasteiger charge is -2.41. The standard InChI is InChI=1S/C24H29FN2O2.ClH/c1-29-21-11-7-17(8-12-21)13-24(28)27(16-18-5-9-20(25)10-6-18)23-4-2-3-19-14-26-15-22(19)23;/h5-12,19,22-23,26H,2-4,13-16H2,1H3;1H. The van der Waals surface area contributed by atoms with E-state index >= 15 is 0 Å². The van der Waals surface area contributed by atoms with Gasteiger partial charge in [-0.1, -0.05) is 30.7 Å². The molecule has 2 aromatic carbocycles. The van der Waals surface area contributed by atoms with Crippen LogP contribution in [0.5, 0.6) is 5.75 Å². The highest BCUT2D eigenvalue weighted by Gasteiger charge is 2.40. The molecule has 6 heteroatoms. The van der Waals surface area contributed by atoms with Crippen molar-refractivity contribution in [2.45, 2.75) is 38.3 Å². The van der Waals surface area contributed by atoms with Crippen LogP contribution in [0.25, 0.3) is 0 Å². The van der Waals surface area contributed by atoms with Gasteiger partial charge < -0.3 is 15.0 Å². The maximum Gasteiger partial charge on any atom is 0.227 e. The van der Waals surface area contributed by atoms with Crippen molar-refractivity contribution in [3.05, 3.63) is 65.5 Å². The molecule has 162 valence electrons. The highest BCUT2D eigenvalue weighted by atomic mass is 35.5. The van der Waals surface area contributed by atoms with Crippen molar-refractivity contribution < 1.29 is 13.9 Å². The molecule has 1 heterocycles. The number of nitrogens with one attached hydrogen (secondary N) is 1. The SMILES string of the molecule is COc1ccc(CC(=O)N(Cc2ccc(F)cc2)C2CCCC3CNCC32)cc1.Cl. The number of carbonyl (C=O) groups excluding carboxylic acids is 1. The Bertz CT molecular complexity index is 828. The molecule has 2 fully saturated rings. The lowest BCUT2D eigenvalue weighted by Crippen LogP contribution is -2.48. The van der Waals surface area contributed by atoms with E-state index < -0.39 is 0 Å². The van der Waals surface area contributed by atoms with Gasteiger partial charge in [0.2, 0.25) is 5.91 Å². The number of benzene rings is 2. The molecule has 0 bridgehead atoms. The molecule has 3 atom stereocenters. The van der Waals surface area contributed by atoms with Crippen LogP contribution in [0.3, 0.4) is 0 Å². The third-order valence-corrected chi connectivity index (χ3v) is 6.46. The number of ether oxygens (including phenoxy) is 1. The number of amides is 1. The summed E-state index contributed by atoms with van der Waals surface area (Å²) in [5.41, 5.74) is 1.96. The molecule has 3 unspecified atom stereocenters. The summed E-state index contributed by atoms with van der Waals surface area (Å²) < 4.78 is 18.6. The Kier molecular flexibility index (Phi) is 7.73. The monoisotopic (exact) mass is 432 g/mol. The second kappa shape index (κ2) is 10.3. The summed E-state index contributed by atoms with van der Waals surface area (Å²) in [7, 11) is 1.64. The lowest BCUT2D eigenvalue weighted by molar-refractivity contribution is -0.135. The van der Waals surface area contributed by atoms with Gasteiger partial charge in [0.15, 0.2) is 0 Å². The Morgan fingerprint density at radius 2 is 1.77 bits per heavy atom. The van der Waals surface area contributed by atoms with E-state index in [1.165, 1.54) is 18.6 Å². The molecule has 4 rings (SSSR count). The quantitative estimate of drug-likeness (QED) is 0.743. The van der Waals surface area contributed by atoms with Crippen LogP contribution in [-0.4, -0.2) is 37.0 Å². The van der Waals surface area contributed by atoms with Gasteiger partial charge in [-0.25, -0.2) is 4.39 Å². The number of rotatable bonds is 6. The van der Waals surface area contributed by atoms with Crippen LogP contribution in [0.4, 0.5) is 4.39 Å². The van der Waals surface area contributed by atoms with Gasteiger partial charge in [-0.3, -0.25) is 4.79 Å². The van der Waals surface area contributed by atoms with Gasteiger partial charge >= 0.3 is 0 Å². The average Bonchev–Trinajstić information content (AvgIpc) is 3.23. The largest absolute Gasteiger partial charge is 0.497 e. The van der Waals surface area contributed by atoms with E-state index in [-0.39, 0.29) is 30.2 Å². The highest BCUT2D eigenvalue weighted by Crippen LogP contribution is 2.36. The van der Waals surface area contributed by atoms with Crippen LogP contribution in [-0.2, 0) is 17.8 Å². The maximum atomic E-state index is 13.4. The third-order valence-electron chi connectivity index (χ3n) is 6.46. The summed E-state index contributed by atoms with van der Waals surface area (Å²) >= 11 is 0. The van der Waals surface area contributed by atoms with Crippen molar-refractivity contribution >= 4 is 18.3 Å². The molecule has 1 N–H and O–H groups in total. The molecule has 1 amide bonds. The topological polar surface area (TPSA) is 41.6 Å². The molecular formula is C24H30ClFN2O2. The summed E-state index contributed by atoms with van der Waals surface area (Å²) in [5.74, 6) is 1.83. The van der Waals surface area contributed by atoms with Crippen LogP contribution >= 0.6 is 12.4 Å². The van der Waals surface area contributed by atoms with E-state index in [1.54, 1.807) is 19.2 Å². The average molecular weight is 433 g/mol. The fourth-order valence-electron chi connectivity index (χ4n) is 4.91. The zero-order chi connectivity index (χ0) is 20.2. The third kappa shape index (κ3) is 5.13. The number of methoxy groups -OCH3 is 1. The molecule has 2 aliphatic rings. The summed E-state index contributed by atoms with van der Waals surface area (Å²) in [4.78, 5) is 15.5. The van der Waals surface area contributed by atoms with E-state index in [0.717, 1.165) is 42.8 Å². The molecule has 2 aromatic rings. The van der Waals surface area contributed by atoms with Gasteiger partial charge in [-0.05, 0) is 66.6 Å². The maximum absolute atomic E-state index is 13.4. The first-order chi connectivity index (χ1) is 14.1. The van der Waals surface area contributed by atoms with E-state index in [4.69, 9.17) is 4.74 Å². The van der Waals surface area contributed by atoms with Crippen LogP contribution < -0.4 is 10.1 Å². The zero-order valence-corrected chi connectivity index (χ0v) is 18.2.